The lowest BCUT2D eigenvalue weighted by molar-refractivity contribution is 0.0801. The molecule has 0 amide bonds. The van der Waals surface area contributed by atoms with E-state index in [4.69, 9.17) is 4.42 Å². The molecule has 0 spiro atoms. The first kappa shape index (κ1) is 16.3. The number of fused-ring (bicyclic) bond motifs is 2. The zero-order valence-corrected chi connectivity index (χ0v) is 14.6. The molecule has 0 N–H and O–H groups in total. The van der Waals surface area contributed by atoms with E-state index in [1.165, 1.54) is 17.3 Å². The Hall–Kier alpha value is -3.87. The second-order valence-electron chi connectivity index (χ2n) is 6.60. The number of aromatic nitrogens is 3. The van der Waals surface area contributed by atoms with Crippen molar-refractivity contribution in [3.63, 3.8) is 0 Å². The number of benzene rings is 1. The maximum absolute atomic E-state index is 12.9. The van der Waals surface area contributed by atoms with Gasteiger partial charge < -0.3 is 4.42 Å². The van der Waals surface area contributed by atoms with Crippen LogP contribution >= 0.6 is 0 Å². The number of allylic oxidation sites excluding steroid dienone is 4. The van der Waals surface area contributed by atoms with Gasteiger partial charge in [-0.2, -0.15) is 5.10 Å². The lowest BCUT2D eigenvalue weighted by Gasteiger charge is -2.28. The molecule has 28 heavy (non-hydrogen) atoms. The van der Waals surface area contributed by atoms with E-state index in [2.05, 4.69) is 15.3 Å². The number of furan rings is 1. The van der Waals surface area contributed by atoms with Gasteiger partial charge in [-0.05, 0) is 24.3 Å². The fourth-order valence-electron chi connectivity index (χ4n) is 3.54. The Balaban J connectivity index is 1.48. The summed E-state index contributed by atoms with van der Waals surface area (Å²) in [6.45, 7) is 0. The van der Waals surface area contributed by atoms with Gasteiger partial charge in [0.15, 0.2) is 11.6 Å². The number of carbonyl (C=O) groups is 2. The zero-order chi connectivity index (χ0) is 19.1. The lowest BCUT2D eigenvalue weighted by atomic mass is 9.72. The highest BCUT2D eigenvalue weighted by molar-refractivity contribution is 6.17. The number of rotatable bonds is 3. The molecule has 0 radical (unpaired) electrons. The van der Waals surface area contributed by atoms with Crippen LogP contribution in [0.1, 0.15) is 26.5 Å². The Morgan fingerprint density at radius 3 is 2.39 bits per heavy atom. The molecule has 2 aliphatic carbocycles. The SMILES string of the molecule is O=C1c2cc(-c3ccc(C=Nn4cnnc4)o3)ccc2C(=O)[C@@H]2C=CC=C[C@H]12. The van der Waals surface area contributed by atoms with Gasteiger partial charge in [0.1, 0.15) is 24.2 Å². The lowest BCUT2D eigenvalue weighted by Crippen LogP contribution is -2.35. The molecule has 0 saturated heterocycles. The molecule has 2 heterocycles. The molecule has 5 rings (SSSR count). The van der Waals surface area contributed by atoms with Crippen LogP contribution in [0.15, 0.2) is 76.8 Å². The molecule has 0 bridgehead atoms. The highest BCUT2D eigenvalue weighted by Crippen LogP contribution is 2.36. The highest BCUT2D eigenvalue weighted by Gasteiger charge is 2.39. The number of ketones is 2. The third kappa shape index (κ3) is 2.64. The van der Waals surface area contributed by atoms with Crippen molar-refractivity contribution in [1.82, 2.24) is 14.9 Å². The first-order valence-corrected chi connectivity index (χ1v) is 8.77. The molecule has 7 nitrogen and oxygen atoms in total. The number of hydrogen-bond acceptors (Lipinski definition) is 6. The van der Waals surface area contributed by atoms with Crippen molar-refractivity contribution >= 4 is 17.8 Å². The predicted octanol–water partition coefficient (Wildman–Crippen LogP) is 3.16. The van der Waals surface area contributed by atoms with E-state index in [1.807, 2.05) is 12.2 Å². The zero-order valence-electron chi connectivity index (χ0n) is 14.6. The molecule has 2 aromatic heterocycles. The topological polar surface area (TPSA) is 90.3 Å². The Morgan fingerprint density at radius 1 is 0.929 bits per heavy atom. The van der Waals surface area contributed by atoms with Crippen LogP contribution in [0.5, 0.6) is 0 Å². The summed E-state index contributed by atoms with van der Waals surface area (Å²) in [6, 6.07) is 8.82. The van der Waals surface area contributed by atoms with Crippen LogP contribution in [0, 0.1) is 11.8 Å². The van der Waals surface area contributed by atoms with Crippen LogP contribution in [-0.4, -0.2) is 32.7 Å². The molecule has 2 aliphatic rings. The molecule has 7 heteroatoms. The molecule has 1 aromatic carbocycles. The Labute approximate surface area is 159 Å². The summed E-state index contributed by atoms with van der Waals surface area (Å²) < 4.78 is 7.26. The summed E-state index contributed by atoms with van der Waals surface area (Å²) in [4.78, 5) is 25.7. The third-order valence-electron chi connectivity index (χ3n) is 4.93. The van der Waals surface area contributed by atoms with Gasteiger partial charge in [0.25, 0.3) is 0 Å². The molecule has 0 unspecified atom stereocenters. The predicted molar refractivity (Wildman–Crippen MR) is 101 cm³/mol. The van der Waals surface area contributed by atoms with Gasteiger partial charge in [0.05, 0.1) is 18.1 Å². The highest BCUT2D eigenvalue weighted by atomic mass is 16.3. The van der Waals surface area contributed by atoms with Crippen LogP contribution in [0.2, 0.25) is 0 Å². The maximum atomic E-state index is 12.9. The minimum absolute atomic E-state index is 0.0204. The third-order valence-corrected chi connectivity index (χ3v) is 4.93. The summed E-state index contributed by atoms with van der Waals surface area (Å²) in [6.07, 6.45) is 11.7. The average molecular weight is 370 g/mol. The summed E-state index contributed by atoms with van der Waals surface area (Å²) in [5.41, 5.74) is 1.65. The van der Waals surface area contributed by atoms with Crippen LogP contribution < -0.4 is 0 Å². The van der Waals surface area contributed by atoms with E-state index in [9.17, 15) is 9.59 Å². The van der Waals surface area contributed by atoms with Crippen LogP contribution in [0.4, 0.5) is 0 Å². The Kier molecular flexibility index (Phi) is 3.72. The van der Waals surface area contributed by atoms with Crippen LogP contribution in [0.25, 0.3) is 11.3 Å². The van der Waals surface area contributed by atoms with E-state index >= 15 is 0 Å². The fraction of sp³-hybridized carbons (Fsp3) is 0.0952. The summed E-state index contributed by atoms with van der Waals surface area (Å²) in [5, 5.41) is 11.5. The van der Waals surface area contributed by atoms with Crippen molar-refractivity contribution in [2.45, 2.75) is 0 Å². The first-order chi connectivity index (χ1) is 13.7. The van der Waals surface area contributed by atoms with E-state index in [0.29, 0.717) is 22.6 Å². The smallest absolute Gasteiger partial charge is 0.171 e. The molecule has 0 fully saturated rings. The van der Waals surface area contributed by atoms with Crippen molar-refractivity contribution in [1.29, 1.82) is 0 Å². The fourth-order valence-corrected chi connectivity index (χ4v) is 3.54. The summed E-state index contributed by atoms with van der Waals surface area (Å²) in [7, 11) is 0. The Morgan fingerprint density at radius 2 is 1.64 bits per heavy atom. The van der Waals surface area contributed by atoms with E-state index in [0.717, 1.165) is 5.56 Å². The van der Waals surface area contributed by atoms with Gasteiger partial charge in [-0.25, -0.2) is 4.68 Å². The maximum Gasteiger partial charge on any atom is 0.171 e. The quantitative estimate of drug-likeness (QED) is 0.661. The first-order valence-electron chi connectivity index (χ1n) is 8.77. The van der Waals surface area contributed by atoms with Gasteiger partial charge in [0, 0.05) is 16.7 Å². The molecule has 136 valence electrons. The van der Waals surface area contributed by atoms with Gasteiger partial charge >= 0.3 is 0 Å². The number of nitrogens with zero attached hydrogens (tertiary/aromatic N) is 4. The van der Waals surface area contributed by atoms with Crippen molar-refractivity contribution in [2.75, 3.05) is 0 Å². The number of Topliss-reactive ketones (excluding diaryl/α,β-unsaturated/α-hetero) is 2. The molecule has 3 aromatic rings. The minimum atomic E-state index is -0.427. The summed E-state index contributed by atoms with van der Waals surface area (Å²) >= 11 is 0. The average Bonchev–Trinajstić information content (AvgIpc) is 3.42. The van der Waals surface area contributed by atoms with Crippen LogP contribution in [-0.2, 0) is 0 Å². The van der Waals surface area contributed by atoms with E-state index in [-0.39, 0.29) is 11.6 Å². The minimum Gasteiger partial charge on any atom is -0.455 e. The molecule has 0 saturated carbocycles. The number of carbonyl (C=O) groups excluding carboxylic acids is 2. The Bertz CT molecular complexity index is 1170. The molecular weight excluding hydrogens is 356 g/mol. The van der Waals surface area contributed by atoms with Gasteiger partial charge in [-0.1, -0.05) is 30.4 Å². The van der Waals surface area contributed by atoms with Gasteiger partial charge in [-0.15, -0.1) is 10.2 Å². The van der Waals surface area contributed by atoms with Crippen molar-refractivity contribution in [3.05, 3.63) is 84.2 Å². The van der Waals surface area contributed by atoms with Crippen LogP contribution in [0.3, 0.4) is 0 Å². The van der Waals surface area contributed by atoms with E-state index < -0.39 is 11.8 Å². The normalized spacial score (nSPS) is 20.6. The largest absolute Gasteiger partial charge is 0.455 e. The molecular formula is C21H14N4O3. The van der Waals surface area contributed by atoms with Crippen molar-refractivity contribution in [2.24, 2.45) is 16.9 Å². The monoisotopic (exact) mass is 370 g/mol. The van der Waals surface area contributed by atoms with Crippen molar-refractivity contribution in [3.8, 4) is 11.3 Å². The standard InChI is InChI=1S/C21H14N4O3/c26-20-15-3-1-2-4-16(15)21(27)18-9-13(5-7-17(18)20)19-8-6-14(28-19)10-24-25-11-22-23-12-25/h1-12,15-16H/t15-,16+/m1/s1. The second kappa shape index (κ2) is 6.38. The van der Waals surface area contributed by atoms with Gasteiger partial charge in [-0.3, -0.25) is 9.59 Å². The second-order valence-corrected chi connectivity index (χ2v) is 6.60. The van der Waals surface area contributed by atoms with Gasteiger partial charge in [0.2, 0.25) is 0 Å². The molecule has 2 atom stereocenters. The molecule has 0 aliphatic heterocycles. The van der Waals surface area contributed by atoms with E-state index in [1.54, 1.807) is 48.7 Å². The van der Waals surface area contributed by atoms with Crippen molar-refractivity contribution < 1.29 is 14.0 Å². The number of hydrogen-bond donors (Lipinski definition) is 0. The summed E-state index contributed by atoms with van der Waals surface area (Å²) in [5.74, 6) is 0.248.